The molecule has 6 aromatic rings. The number of alkyl carbamates (subject to hydrolysis) is 2. The number of rotatable bonds is 9. The molecule has 0 aromatic heterocycles. The topological polar surface area (TPSA) is 95.1 Å². The Kier molecular flexibility index (Phi) is 8.79. The molecule has 0 saturated heterocycles. The maximum atomic E-state index is 11.6. The summed E-state index contributed by atoms with van der Waals surface area (Å²) in [6, 6.07) is 29.4. The molecule has 0 aliphatic rings. The van der Waals surface area contributed by atoms with Crippen molar-refractivity contribution in [3.8, 4) is 22.6 Å². The van der Waals surface area contributed by atoms with Gasteiger partial charge in [0.25, 0.3) is 0 Å². The summed E-state index contributed by atoms with van der Waals surface area (Å²) < 4.78 is 23.2. The Morgan fingerprint density at radius 1 is 0.500 bits per heavy atom. The van der Waals surface area contributed by atoms with E-state index < -0.39 is 12.2 Å². The summed E-state index contributed by atoms with van der Waals surface area (Å²) in [5, 5.41) is 13.0. The minimum atomic E-state index is -0.496. The van der Waals surface area contributed by atoms with Crippen LogP contribution in [0.3, 0.4) is 0 Å². The van der Waals surface area contributed by atoms with Crippen molar-refractivity contribution < 1.29 is 28.5 Å². The Bertz CT molecular complexity index is 1950. The van der Waals surface area contributed by atoms with Crippen LogP contribution in [0.5, 0.6) is 11.5 Å². The molecule has 46 heavy (non-hydrogen) atoms. The number of amides is 2. The number of hydrogen-bond acceptors (Lipinski definition) is 6. The quantitative estimate of drug-likeness (QED) is 0.126. The third kappa shape index (κ3) is 5.81. The summed E-state index contributed by atoms with van der Waals surface area (Å²) >= 11 is 0. The van der Waals surface area contributed by atoms with Crippen molar-refractivity contribution in [3.05, 3.63) is 96.1 Å². The van der Waals surface area contributed by atoms with Gasteiger partial charge in [-0.2, -0.15) is 0 Å². The molecular weight excluding hydrogens is 580 g/mol. The van der Waals surface area contributed by atoms with Crippen LogP contribution in [0.2, 0.25) is 0 Å². The number of hydrogen-bond donors (Lipinski definition) is 2. The van der Waals surface area contributed by atoms with Gasteiger partial charge in [-0.1, -0.05) is 96.1 Å². The Balaban J connectivity index is 1.61. The predicted molar refractivity (Wildman–Crippen MR) is 183 cm³/mol. The maximum Gasteiger partial charge on any atom is 0.406 e. The van der Waals surface area contributed by atoms with Crippen molar-refractivity contribution in [2.75, 3.05) is 40.5 Å². The van der Waals surface area contributed by atoms with Crippen molar-refractivity contribution in [3.63, 3.8) is 0 Å². The van der Waals surface area contributed by atoms with E-state index in [4.69, 9.17) is 18.9 Å². The van der Waals surface area contributed by atoms with Gasteiger partial charge >= 0.3 is 12.2 Å². The summed E-state index contributed by atoms with van der Waals surface area (Å²) in [5.41, 5.74) is 4.45. The van der Waals surface area contributed by atoms with Crippen LogP contribution in [-0.2, 0) is 9.47 Å². The summed E-state index contributed by atoms with van der Waals surface area (Å²) in [4.78, 5) is 23.3. The number of ether oxygens (including phenoxy) is 4. The van der Waals surface area contributed by atoms with Crippen LogP contribution < -0.4 is 20.1 Å². The lowest BCUT2D eigenvalue weighted by Crippen LogP contribution is -2.21. The van der Waals surface area contributed by atoms with Gasteiger partial charge in [-0.25, -0.2) is 9.59 Å². The van der Waals surface area contributed by atoms with Crippen molar-refractivity contribution in [1.29, 1.82) is 0 Å². The molecule has 2 N–H and O–H groups in total. The molecule has 0 saturated carbocycles. The van der Waals surface area contributed by atoms with E-state index in [2.05, 4.69) is 85.1 Å². The molecular formula is C38H36N2O6. The molecule has 6 rings (SSSR count). The van der Waals surface area contributed by atoms with E-state index in [1.807, 2.05) is 24.3 Å². The van der Waals surface area contributed by atoms with Gasteiger partial charge in [0.15, 0.2) is 0 Å². The fourth-order valence-corrected chi connectivity index (χ4v) is 6.05. The van der Waals surface area contributed by atoms with Gasteiger partial charge in [-0.15, -0.1) is 0 Å². The molecule has 8 nitrogen and oxygen atoms in total. The minimum absolute atomic E-state index is 0.118. The number of benzene rings is 6. The van der Waals surface area contributed by atoms with Crippen molar-refractivity contribution in [2.24, 2.45) is 0 Å². The standard InChI is InChI=1S/C38H36N2O6/c1-23-13-15-29-31(21-23)33(25-9-5-7-11-27(25)35(29)43-17-19-45-37(41)39-3)34-26-10-6-8-12-28(26)36(44-18-20-46-38(42)40-4)30-16-14-24(2)22-32(30)34/h5-16,21-22H,17-20H2,1-4H3,(H,39,41)(H,40,42). The van der Waals surface area contributed by atoms with Crippen LogP contribution in [0, 0.1) is 13.8 Å². The second kappa shape index (κ2) is 13.2. The fraction of sp³-hybridized carbons (Fsp3) is 0.211. The van der Waals surface area contributed by atoms with Crippen LogP contribution in [0.1, 0.15) is 11.1 Å². The van der Waals surface area contributed by atoms with E-state index in [1.165, 1.54) is 14.1 Å². The number of aryl methyl sites for hydroxylation is 2. The van der Waals surface area contributed by atoms with E-state index in [9.17, 15) is 9.59 Å². The molecule has 0 bridgehead atoms. The SMILES string of the molecule is CNC(=O)OCCOc1c2ccccc2c(-c2c3ccccc3c(OCCOC(=O)NC)c3ccc(C)cc23)c2cc(C)ccc12. The van der Waals surface area contributed by atoms with E-state index in [-0.39, 0.29) is 26.4 Å². The monoisotopic (exact) mass is 616 g/mol. The highest BCUT2D eigenvalue weighted by molar-refractivity contribution is 6.26. The molecule has 0 radical (unpaired) electrons. The number of fused-ring (bicyclic) bond motifs is 4. The number of carbonyl (C=O) groups excluding carboxylic acids is 2. The summed E-state index contributed by atoms with van der Waals surface area (Å²) in [7, 11) is 3.06. The molecule has 0 aliphatic carbocycles. The number of carbonyl (C=O) groups is 2. The highest BCUT2D eigenvalue weighted by Crippen LogP contribution is 2.50. The zero-order valence-corrected chi connectivity index (χ0v) is 26.4. The first kappa shape index (κ1) is 30.5. The van der Waals surface area contributed by atoms with Gasteiger partial charge in [-0.3, -0.25) is 0 Å². The molecule has 2 amide bonds. The zero-order valence-electron chi connectivity index (χ0n) is 26.4. The Labute approximate surface area is 267 Å². The predicted octanol–water partition coefficient (Wildman–Crippen LogP) is 8.05. The molecule has 0 fully saturated rings. The Hall–Kier alpha value is -5.50. The van der Waals surface area contributed by atoms with Crippen LogP contribution in [0.4, 0.5) is 9.59 Å². The first-order chi connectivity index (χ1) is 22.4. The highest BCUT2D eigenvalue weighted by Gasteiger charge is 2.23. The average Bonchev–Trinajstić information content (AvgIpc) is 3.07. The van der Waals surface area contributed by atoms with Gasteiger partial charge < -0.3 is 29.6 Å². The van der Waals surface area contributed by atoms with Crippen LogP contribution in [0.25, 0.3) is 54.2 Å². The van der Waals surface area contributed by atoms with Crippen LogP contribution in [-0.4, -0.2) is 52.7 Å². The van der Waals surface area contributed by atoms with Gasteiger partial charge in [0.1, 0.15) is 37.9 Å². The van der Waals surface area contributed by atoms with Crippen LogP contribution in [0.15, 0.2) is 84.9 Å². The van der Waals surface area contributed by atoms with Gasteiger partial charge in [0.05, 0.1) is 0 Å². The molecule has 234 valence electrons. The van der Waals surface area contributed by atoms with Gasteiger partial charge in [-0.05, 0) is 46.5 Å². The van der Waals surface area contributed by atoms with E-state index in [1.54, 1.807) is 0 Å². The Morgan fingerprint density at radius 2 is 0.870 bits per heavy atom. The Morgan fingerprint density at radius 3 is 1.26 bits per heavy atom. The molecule has 0 unspecified atom stereocenters. The summed E-state index contributed by atoms with van der Waals surface area (Å²) in [6.45, 7) is 4.84. The zero-order chi connectivity index (χ0) is 32.2. The largest absolute Gasteiger partial charge is 0.489 e. The second-order valence-electron chi connectivity index (χ2n) is 11.1. The molecule has 0 spiro atoms. The lowest BCUT2D eigenvalue weighted by atomic mass is 9.84. The number of nitrogens with one attached hydrogen (secondary N) is 2. The molecule has 0 heterocycles. The van der Waals surface area contributed by atoms with E-state index >= 15 is 0 Å². The van der Waals surface area contributed by atoms with Gasteiger partial charge in [0, 0.05) is 35.6 Å². The fourth-order valence-electron chi connectivity index (χ4n) is 6.05. The van der Waals surface area contributed by atoms with Gasteiger partial charge in [0.2, 0.25) is 0 Å². The third-order valence-corrected chi connectivity index (χ3v) is 8.04. The average molecular weight is 617 g/mol. The first-order valence-corrected chi connectivity index (χ1v) is 15.3. The maximum absolute atomic E-state index is 11.6. The normalized spacial score (nSPS) is 11.1. The second-order valence-corrected chi connectivity index (χ2v) is 11.1. The summed E-state index contributed by atoms with van der Waals surface area (Å²) in [5.74, 6) is 1.49. The van der Waals surface area contributed by atoms with Crippen molar-refractivity contribution in [1.82, 2.24) is 10.6 Å². The van der Waals surface area contributed by atoms with E-state index in [0.29, 0.717) is 0 Å². The first-order valence-electron chi connectivity index (χ1n) is 15.3. The van der Waals surface area contributed by atoms with Crippen molar-refractivity contribution in [2.45, 2.75) is 13.8 Å². The molecule has 6 aromatic carbocycles. The molecule has 0 aliphatic heterocycles. The third-order valence-electron chi connectivity index (χ3n) is 8.04. The highest BCUT2D eigenvalue weighted by atomic mass is 16.6. The minimum Gasteiger partial charge on any atom is -0.489 e. The lowest BCUT2D eigenvalue weighted by Gasteiger charge is -2.22. The molecule has 8 heteroatoms. The smallest absolute Gasteiger partial charge is 0.406 e. The van der Waals surface area contributed by atoms with Crippen molar-refractivity contribution >= 4 is 55.3 Å². The van der Waals surface area contributed by atoms with Crippen LogP contribution >= 0.6 is 0 Å². The van der Waals surface area contributed by atoms with E-state index in [0.717, 1.165) is 76.8 Å². The summed E-state index contributed by atoms with van der Waals surface area (Å²) in [6.07, 6.45) is -0.991. The molecule has 0 atom stereocenters. The lowest BCUT2D eigenvalue weighted by molar-refractivity contribution is 0.127.